The molecule has 3 heterocycles. The van der Waals surface area contributed by atoms with Crippen LogP contribution in [0.2, 0.25) is 0 Å². The first kappa shape index (κ1) is 9.06. The highest BCUT2D eigenvalue weighted by molar-refractivity contribution is 7.21. The van der Waals surface area contributed by atoms with Crippen LogP contribution in [0.15, 0.2) is 12.1 Å². The average molecular weight is 220 g/mol. The Hall–Kier alpha value is -1.20. The van der Waals surface area contributed by atoms with Gasteiger partial charge < -0.3 is 11.1 Å². The lowest BCUT2D eigenvalue weighted by molar-refractivity contribution is 0.738. The highest BCUT2D eigenvalue weighted by Crippen LogP contribution is 2.26. The minimum atomic E-state index is 0.539. The van der Waals surface area contributed by atoms with Gasteiger partial charge in [0.1, 0.15) is 0 Å². The van der Waals surface area contributed by atoms with Gasteiger partial charge in [-0.15, -0.1) is 0 Å². The van der Waals surface area contributed by atoms with E-state index in [2.05, 4.69) is 27.4 Å². The van der Waals surface area contributed by atoms with Crippen molar-refractivity contribution in [3.8, 4) is 0 Å². The number of thiazole rings is 1. The third-order valence-corrected chi connectivity index (χ3v) is 3.61. The smallest absolute Gasteiger partial charge is 0.182 e. The summed E-state index contributed by atoms with van der Waals surface area (Å²) in [5.74, 6) is 0.539. The minimum Gasteiger partial charge on any atom is -0.375 e. The SMILES string of the molecule is Nc1nc2nc([C@H]3CCNC3)ccc2s1. The van der Waals surface area contributed by atoms with Crippen molar-refractivity contribution in [2.24, 2.45) is 0 Å². The molecule has 5 heteroatoms. The molecule has 2 aromatic rings. The number of pyridine rings is 1. The molecule has 3 rings (SSSR count). The summed E-state index contributed by atoms with van der Waals surface area (Å²) in [4.78, 5) is 8.77. The Kier molecular flexibility index (Phi) is 2.07. The molecule has 1 aliphatic heterocycles. The average Bonchev–Trinajstić information content (AvgIpc) is 2.82. The number of anilines is 1. The van der Waals surface area contributed by atoms with Crippen molar-refractivity contribution in [1.29, 1.82) is 0 Å². The fourth-order valence-electron chi connectivity index (χ4n) is 1.98. The van der Waals surface area contributed by atoms with Gasteiger partial charge in [0.25, 0.3) is 0 Å². The van der Waals surface area contributed by atoms with Crippen LogP contribution in [0.25, 0.3) is 10.3 Å². The fraction of sp³-hybridized carbons (Fsp3) is 0.400. The highest BCUT2D eigenvalue weighted by atomic mass is 32.1. The van der Waals surface area contributed by atoms with Gasteiger partial charge in [-0.05, 0) is 25.1 Å². The largest absolute Gasteiger partial charge is 0.375 e. The van der Waals surface area contributed by atoms with Crippen molar-refractivity contribution < 1.29 is 0 Å². The van der Waals surface area contributed by atoms with Gasteiger partial charge in [-0.1, -0.05) is 11.3 Å². The van der Waals surface area contributed by atoms with Crippen molar-refractivity contribution in [2.45, 2.75) is 12.3 Å². The van der Waals surface area contributed by atoms with E-state index < -0.39 is 0 Å². The maximum Gasteiger partial charge on any atom is 0.182 e. The number of hydrogen-bond donors (Lipinski definition) is 2. The molecule has 78 valence electrons. The Bertz CT molecular complexity index is 487. The van der Waals surface area contributed by atoms with Crippen LogP contribution in [0.4, 0.5) is 5.13 Å². The number of aromatic nitrogens is 2. The minimum absolute atomic E-state index is 0.539. The maximum absolute atomic E-state index is 5.65. The van der Waals surface area contributed by atoms with E-state index in [1.807, 2.05) is 0 Å². The van der Waals surface area contributed by atoms with Crippen molar-refractivity contribution in [1.82, 2.24) is 15.3 Å². The lowest BCUT2D eigenvalue weighted by atomic mass is 10.0. The summed E-state index contributed by atoms with van der Waals surface area (Å²) >= 11 is 1.49. The van der Waals surface area contributed by atoms with Crippen LogP contribution in [0, 0.1) is 0 Å². The van der Waals surface area contributed by atoms with E-state index in [0.717, 1.165) is 35.6 Å². The highest BCUT2D eigenvalue weighted by Gasteiger charge is 2.18. The molecule has 3 N–H and O–H groups in total. The quantitative estimate of drug-likeness (QED) is 0.761. The first-order chi connectivity index (χ1) is 7.33. The Morgan fingerprint density at radius 2 is 2.33 bits per heavy atom. The molecule has 4 nitrogen and oxygen atoms in total. The van der Waals surface area contributed by atoms with Crippen LogP contribution >= 0.6 is 11.3 Å². The Morgan fingerprint density at radius 1 is 1.40 bits per heavy atom. The summed E-state index contributed by atoms with van der Waals surface area (Å²) in [6, 6.07) is 4.17. The molecule has 0 saturated carbocycles. The lowest BCUT2D eigenvalue weighted by Gasteiger charge is -2.06. The number of rotatable bonds is 1. The second-order valence-corrected chi connectivity index (χ2v) is 4.86. The number of nitrogens with two attached hydrogens (primary N) is 1. The topological polar surface area (TPSA) is 63.8 Å². The van der Waals surface area contributed by atoms with Crippen LogP contribution in [0.3, 0.4) is 0 Å². The second-order valence-electron chi connectivity index (χ2n) is 3.80. The van der Waals surface area contributed by atoms with Gasteiger partial charge >= 0.3 is 0 Å². The maximum atomic E-state index is 5.65. The molecule has 0 spiro atoms. The Labute approximate surface area is 91.5 Å². The number of hydrogen-bond acceptors (Lipinski definition) is 5. The molecule has 0 unspecified atom stereocenters. The summed E-state index contributed by atoms with van der Waals surface area (Å²) in [6.07, 6.45) is 1.16. The van der Waals surface area contributed by atoms with Crippen molar-refractivity contribution >= 4 is 26.8 Å². The molecule has 0 bridgehead atoms. The molecule has 0 aromatic carbocycles. The van der Waals surface area contributed by atoms with Crippen LogP contribution < -0.4 is 11.1 Å². The van der Waals surface area contributed by atoms with E-state index >= 15 is 0 Å². The molecule has 1 fully saturated rings. The standard InChI is InChI=1S/C10H12N4S/c11-10-14-9-8(15-10)2-1-7(13-9)6-3-4-12-5-6/h1-2,6,12H,3-5H2,(H2,11,13,14)/t6-/m0/s1. The second kappa shape index (κ2) is 3.43. The molecule has 0 aliphatic carbocycles. The molecule has 0 radical (unpaired) electrons. The number of nitrogen functional groups attached to an aromatic ring is 1. The molecule has 1 aliphatic rings. The first-order valence-electron chi connectivity index (χ1n) is 5.06. The summed E-state index contributed by atoms with van der Waals surface area (Å²) < 4.78 is 1.07. The first-order valence-corrected chi connectivity index (χ1v) is 5.88. The summed E-state index contributed by atoms with van der Waals surface area (Å²) in [6.45, 7) is 2.11. The van der Waals surface area contributed by atoms with Crippen LogP contribution in [0.1, 0.15) is 18.0 Å². The zero-order valence-corrected chi connectivity index (χ0v) is 9.05. The molecule has 15 heavy (non-hydrogen) atoms. The van der Waals surface area contributed by atoms with Crippen molar-refractivity contribution in [3.63, 3.8) is 0 Å². The van der Waals surface area contributed by atoms with Gasteiger partial charge in [-0.25, -0.2) is 9.97 Å². The van der Waals surface area contributed by atoms with Gasteiger partial charge in [-0.3, -0.25) is 0 Å². The summed E-state index contributed by atoms with van der Waals surface area (Å²) in [5.41, 5.74) is 7.58. The fourth-order valence-corrected chi connectivity index (χ4v) is 2.66. The van der Waals surface area contributed by atoms with Crippen LogP contribution in [-0.4, -0.2) is 23.1 Å². The molecule has 1 atom stereocenters. The van der Waals surface area contributed by atoms with Crippen molar-refractivity contribution in [3.05, 3.63) is 17.8 Å². The number of nitrogens with one attached hydrogen (secondary N) is 1. The molecule has 2 aromatic heterocycles. The van der Waals surface area contributed by atoms with E-state index in [4.69, 9.17) is 5.73 Å². The molecule has 0 amide bonds. The molecular weight excluding hydrogens is 208 g/mol. The number of fused-ring (bicyclic) bond motifs is 1. The van der Waals surface area contributed by atoms with Gasteiger partial charge in [0, 0.05) is 18.2 Å². The van der Waals surface area contributed by atoms with Crippen LogP contribution in [-0.2, 0) is 0 Å². The zero-order valence-electron chi connectivity index (χ0n) is 8.23. The van der Waals surface area contributed by atoms with E-state index in [-0.39, 0.29) is 0 Å². The van der Waals surface area contributed by atoms with Gasteiger partial charge in [0.15, 0.2) is 10.8 Å². The van der Waals surface area contributed by atoms with E-state index in [0.29, 0.717) is 11.0 Å². The van der Waals surface area contributed by atoms with E-state index in [1.165, 1.54) is 11.3 Å². The molecular formula is C10H12N4S. The van der Waals surface area contributed by atoms with Gasteiger partial charge in [-0.2, -0.15) is 0 Å². The van der Waals surface area contributed by atoms with Gasteiger partial charge in [0.2, 0.25) is 0 Å². The Balaban J connectivity index is 2.04. The normalized spacial score (nSPS) is 21.2. The predicted molar refractivity (Wildman–Crippen MR) is 62.1 cm³/mol. The van der Waals surface area contributed by atoms with Gasteiger partial charge in [0.05, 0.1) is 4.70 Å². The summed E-state index contributed by atoms with van der Waals surface area (Å²) in [5, 5.41) is 3.94. The monoisotopic (exact) mass is 220 g/mol. The van der Waals surface area contributed by atoms with Crippen molar-refractivity contribution in [2.75, 3.05) is 18.8 Å². The Morgan fingerprint density at radius 3 is 3.13 bits per heavy atom. The lowest BCUT2D eigenvalue weighted by Crippen LogP contribution is -2.08. The molecule has 1 saturated heterocycles. The van der Waals surface area contributed by atoms with E-state index in [9.17, 15) is 0 Å². The third-order valence-electron chi connectivity index (χ3n) is 2.77. The zero-order chi connectivity index (χ0) is 10.3. The van der Waals surface area contributed by atoms with E-state index in [1.54, 1.807) is 0 Å². The van der Waals surface area contributed by atoms with Crippen LogP contribution in [0.5, 0.6) is 0 Å². The predicted octanol–water partition coefficient (Wildman–Crippen LogP) is 1.35. The number of nitrogens with zero attached hydrogens (tertiary/aromatic N) is 2. The third kappa shape index (κ3) is 1.57. The summed E-state index contributed by atoms with van der Waals surface area (Å²) in [7, 11) is 0.